The Balaban J connectivity index is 2.05. The molecule has 1 aliphatic rings. The van der Waals surface area contributed by atoms with Gasteiger partial charge in [0.1, 0.15) is 5.82 Å². The highest BCUT2D eigenvalue weighted by molar-refractivity contribution is 5.81. The number of aliphatic hydroxyl groups is 1. The van der Waals surface area contributed by atoms with Crippen molar-refractivity contribution in [2.75, 3.05) is 31.6 Å². The van der Waals surface area contributed by atoms with Gasteiger partial charge in [0.25, 0.3) is 0 Å². The molecule has 0 aliphatic carbocycles. The van der Waals surface area contributed by atoms with Gasteiger partial charge in [0.15, 0.2) is 0 Å². The molecule has 1 aromatic heterocycles. The zero-order chi connectivity index (χ0) is 14.8. The van der Waals surface area contributed by atoms with E-state index in [-0.39, 0.29) is 6.61 Å². The van der Waals surface area contributed by atoms with E-state index in [1.54, 1.807) is 0 Å². The molecule has 1 aliphatic heterocycles. The molecule has 2 aromatic rings. The van der Waals surface area contributed by atoms with Crippen LogP contribution in [0.25, 0.3) is 10.9 Å². The van der Waals surface area contributed by atoms with Crippen LogP contribution >= 0.6 is 0 Å². The fourth-order valence-electron chi connectivity index (χ4n) is 3.20. The summed E-state index contributed by atoms with van der Waals surface area (Å²) < 4.78 is 0. The van der Waals surface area contributed by atoms with E-state index in [1.165, 1.54) is 0 Å². The number of likely N-dealkylation sites (N-methyl/N-ethyl adjacent to an activating group) is 1. The Bertz CT molecular complexity index is 628. The molecule has 1 unspecified atom stereocenters. The van der Waals surface area contributed by atoms with Crippen LogP contribution in [0.5, 0.6) is 0 Å². The van der Waals surface area contributed by atoms with Gasteiger partial charge in [-0.05, 0) is 39.1 Å². The molecule has 4 nitrogen and oxygen atoms in total. The lowest BCUT2D eigenvalue weighted by Crippen LogP contribution is -2.39. The van der Waals surface area contributed by atoms with Crippen LogP contribution in [0.1, 0.15) is 18.9 Å². The summed E-state index contributed by atoms with van der Waals surface area (Å²) in [5.74, 6) is 0.944. The number of anilines is 1. The van der Waals surface area contributed by atoms with Gasteiger partial charge in [-0.15, -0.1) is 0 Å². The molecular formula is C17H23N3O. The van der Waals surface area contributed by atoms with Gasteiger partial charge < -0.3 is 14.9 Å². The fourth-order valence-corrected chi connectivity index (χ4v) is 3.20. The molecule has 1 fully saturated rings. The molecule has 0 saturated carbocycles. The number of hydrogen-bond donors (Lipinski definition) is 1. The van der Waals surface area contributed by atoms with Crippen molar-refractivity contribution in [2.45, 2.75) is 26.0 Å². The van der Waals surface area contributed by atoms with E-state index >= 15 is 0 Å². The van der Waals surface area contributed by atoms with Gasteiger partial charge in [-0.1, -0.05) is 18.2 Å². The SMILES string of the molecule is CC1CN(C)CCCN1c1nc2ccccc2cc1CO. The van der Waals surface area contributed by atoms with Crippen molar-refractivity contribution in [3.05, 3.63) is 35.9 Å². The average molecular weight is 285 g/mol. The van der Waals surface area contributed by atoms with Crippen LogP contribution in [-0.4, -0.2) is 47.7 Å². The van der Waals surface area contributed by atoms with E-state index in [1.807, 2.05) is 24.3 Å². The number of nitrogens with zero attached hydrogens (tertiary/aromatic N) is 3. The number of pyridine rings is 1. The third-order valence-corrected chi connectivity index (χ3v) is 4.27. The minimum absolute atomic E-state index is 0.0340. The van der Waals surface area contributed by atoms with Gasteiger partial charge in [-0.25, -0.2) is 4.98 Å². The van der Waals surface area contributed by atoms with Gasteiger partial charge in [-0.3, -0.25) is 0 Å². The van der Waals surface area contributed by atoms with E-state index in [4.69, 9.17) is 4.98 Å². The van der Waals surface area contributed by atoms with Crippen LogP contribution in [0.3, 0.4) is 0 Å². The third kappa shape index (κ3) is 2.87. The van der Waals surface area contributed by atoms with Crippen LogP contribution < -0.4 is 4.90 Å². The summed E-state index contributed by atoms with van der Waals surface area (Å²) in [5, 5.41) is 10.8. The van der Waals surface area contributed by atoms with Gasteiger partial charge in [0.05, 0.1) is 12.1 Å². The summed E-state index contributed by atoms with van der Waals surface area (Å²) >= 11 is 0. The third-order valence-electron chi connectivity index (χ3n) is 4.27. The average Bonchev–Trinajstić information content (AvgIpc) is 2.66. The molecule has 112 valence electrons. The topological polar surface area (TPSA) is 39.6 Å². The molecule has 21 heavy (non-hydrogen) atoms. The maximum Gasteiger partial charge on any atom is 0.135 e. The number of benzene rings is 1. The predicted molar refractivity (Wildman–Crippen MR) is 86.6 cm³/mol. The lowest BCUT2D eigenvalue weighted by atomic mass is 10.1. The van der Waals surface area contributed by atoms with Crippen LogP contribution in [0, 0.1) is 0 Å². The highest BCUT2D eigenvalue weighted by atomic mass is 16.3. The van der Waals surface area contributed by atoms with Crippen molar-refractivity contribution >= 4 is 16.7 Å². The van der Waals surface area contributed by atoms with Crippen molar-refractivity contribution in [3.8, 4) is 0 Å². The Morgan fingerprint density at radius 2 is 2.10 bits per heavy atom. The Hall–Kier alpha value is -1.65. The monoisotopic (exact) mass is 285 g/mol. The van der Waals surface area contributed by atoms with Crippen LogP contribution in [0.15, 0.2) is 30.3 Å². The fraction of sp³-hybridized carbons (Fsp3) is 0.471. The lowest BCUT2D eigenvalue weighted by Gasteiger charge is -2.30. The first-order valence-electron chi connectivity index (χ1n) is 7.63. The zero-order valence-electron chi connectivity index (χ0n) is 12.8. The van der Waals surface area contributed by atoms with Crippen molar-refractivity contribution in [3.63, 3.8) is 0 Å². The van der Waals surface area contributed by atoms with E-state index in [0.29, 0.717) is 6.04 Å². The largest absolute Gasteiger partial charge is 0.392 e. The molecule has 1 atom stereocenters. The first kappa shape index (κ1) is 14.3. The Kier molecular flexibility index (Phi) is 4.08. The minimum atomic E-state index is 0.0340. The molecule has 1 saturated heterocycles. The number of aromatic nitrogens is 1. The standard InChI is InChI=1S/C17H23N3O/c1-13-11-19(2)8-5-9-20(13)17-15(12-21)10-14-6-3-4-7-16(14)18-17/h3-4,6-7,10,13,21H,5,8-9,11-12H2,1-2H3. The number of rotatable bonds is 2. The van der Waals surface area contributed by atoms with Gasteiger partial charge >= 0.3 is 0 Å². The first-order valence-corrected chi connectivity index (χ1v) is 7.63. The summed E-state index contributed by atoms with van der Waals surface area (Å²) in [6, 6.07) is 10.6. The molecule has 1 aromatic carbocycles. The van der Waals surface area contributed by atoms with Crippen LogP contribution in [-0.2, 0) is 6.61 Å². The second-order valence-corrected chi connectivity index (χ2v) is 5.98. The van der Waals surface area contributed by atoms with Crippen molar-refractivity contribution < 1.29 is 5.11 Å². The van der Waals surface area contributed by atoms with E-state index < -0.39 is 0 Å². The molecule has 1 N–H and O–H groups in total. The van der Waals surface area contributed by atoms with Crippen molar-refractivity contribution in [1.82, 2.24) is 9.88 Å². The van der Waals surface area contributed by atoms with E-state index in [0.717, 1.165) is 48.3 Å². The highest BCUT2D eigenvalue weighted by Gasteiger charge is 2.23. The van der Waals surface area contributed by atoms with Crippen molar-refractivity contribution in [2.24, 2.45) is 0 Å². The Morgan fingerprint density at radius 3 is 2.90 bits per heavy atom. The maximum absolute atomic E-state index is 9.74. The molecule has 0 amide bonds. The molecule has 4 heteroatoms. The second-order valence-electron chi connectivity index (χ2n) is 5.98. The lowest BCUT2D eigenvalue weighted by molar-refractivity contribution is 0.281. The minimum Gasteiger partial charge on any atom is -0.392 e. The Morgan fingerprint density at radius 1 is 1.29 bits per heavy atom. The van der Waals surface area contributed by atoms with Gasteiger partial charge in [0.2, 0.25) is 0 Å². The summed E-state index contributed by atoms with van der Waals surface area (Å²) in [6.07, 6.45) is 1.13. The number of para-hydroxylation sites is 1. The van der Waals surface area contributed by atoms with E-state index in [9.17, 15) is 5.11 Å². The molecule has 0 spiro atoms. The first-order chi connectivity index (χ1) is 10.2. The van der Waals surface area contributed by atoms with Crippen molar-refractivity contribution in [1.29, 1.82) is 0 Å². The maximum atomic E-state index is 9.74. The van der Waals surface area contributed by atoms with Crippen LogP contribution in [0.2, 0.25) is 0 Å². The second kappa shape index (κ2) is 6.00. The molecule has 2 heterocycles. The number of hydrogen-bond acceptors (Lipinski definition) is 4. The normalized spacial score (nSPS) is 20.7. The summed E-state index contributed by atoms with van der Waals surface area (Å²) in [6.45, 7) is 5.40. The summed E-state index contributed by atoms with van der Waals surface area (Å²) in [5.41, 5.74) is 1.92. The number of aliphatic hydroxyl groups excluding tert-OH is 1. The quantitative estimate of drug-likeness (QED) is 0.919. The molecule has 3 rings (SSSR count). The molecule has 0 radical (unpaired) electrons. The highest BCUT2D eigenvalue weighted by Crippen LogP contribution is 2.26. The van der Waals surface area contributed by atoms with Gasteiger partial charge in [0, 0.05) is 30.1 Å². The smallest absolute Gasteiger partial charge is 0.135 e. The molecular weight excluding hydrogens is 262 g/mol. The predicted octanol–water partition coefficient (Wildman–Crippen LogP) is 2.26. The summed E-state index contributed by atoms with van der Waals surface area (Å²) in [7, 11) is 2.17. The Labute approximate surface area is 126 Å². The summed E-state index contributed by atoms with van der Waals surface area (Å²) in [4.78, 5) is 9.55. The molecule has 0 bridgehead atoms. The van der Waals surface area contributed by atoms with Crippen LogP contribution in [0.4, 0.5) is 5.82 Å². The zero-order valence-corrected chi connectivity index (χ0v) is 12.8. The number of fused-ring (bicyclic) bond motifs is 1. The van der Waals surface area contributed by atoms with E-state index in [2.05, 4.69) is 29.8 Å². The van der Waals surface area contributed by atoms with Gasteiger partial charge in [-0.2, -0.15) is 0 Å².